The summed E-state index contributed by atoms with van der Waals surface area (Å²) in [5, 5.41) is 0. The summed E-state index contributed by atoms with van der Waals surface area (Å²) < 4.78 is 2.56. The van der Waals surface area contributed by atoms with E-state index in [2.05, 4.69) is 60.8 Å². The monoisotopic (exact) mass is 207 g/mol. The van der Waals surface area contributed by atoms with Gasteiger partial charge in [-0.2, -0.15) is 0 Å². The van der Waals surface area contributed by atoms with Gasteiger partial charge in [0.25, 0.3) is 0 Å². The van der Waals surface area contributed by atoms with E-state index in [0.29, 0.717) is 0 Å². The van der Waals surface area contributed by atoms with Crippen molar-refractivity contribution < 1.29 is 0 Å². The Morgan fingerprint density at radius 3 is 2.00 bits per heavy atom. The Kier molecular flexibility index (Phi) is 3.33. The van der Waals surface area contributed by atoms with Crippen molar-refractivity contribution >= 4 is 23.6 Å². The fraction of sp³-hybridized carbons (Fsp3) is 0.400. The minimum Gasteiger partial charge on any atom is -0.426 e. The van der Waals surface area contributed by atoms with Gasteiger partial charge in [0.1, 0.15) is 8.24 Å². The van der Waals surface area contributed by atoms with Crippen molar-refractivity contribution in [3.05, 3.63) is 30.3 Å². The van der Waals surface area contributed by atoms with Crippen LogP contribution >= 0.6 is 0 Å². The van der Waals surface area contributed by atoms with Crippen molar-refractivity contribution in [3.63, 3.8) is 0 Å². The molecule has 0 bridgehead atoms. The fourth-order valence-corrected chi connectivity index (χ4v) is 5.44. The predicted molar refractivity (Wildman–Crippen MR) is 63.9 cm³/mol. The number of para-hydroxylation sites is 1. The van der Waals surface area contributed by atoms with E-state index in [0.717, 1.165) is 9.68 Å². The first-order chi connectivity index (χ1) is 6.05. The molecule has 0 fully saturated rings. The van der Waals surface area contributed by atoms with Crippen molar-refractivity contribution in [3.8, 4) is 0 Å². The van der Waals surface area contributed by atoms with Crippen LogP contribution in [0.5, 0.6) is 0 Å². The molecule has 0 saturated heterocycles. The molecule has 70 valence electrons. The van der Waals surface area contributed by atoms with Crippen LogP contribution in [0.15, 0.2) is 30.3 Å². The van der Waals surface area contributed by atoms with Crippen molar-refractivity contribution in [2.24, 2.45) is 0 Å². The fourth-order valence-electron chi connectivity index (χ4n) is 1.43. The highest BCUT2D eigenvalue weighted by atomic mass is 28.4. The average Bonchev–Trinajstić information content (AvgIpc) is 2.05. The summed E-state index contributed by atoms with van der Waals surface area (Å²) in [4.78, 5) is 0. The summed E-state index contributed by atoms with van der Waals surface area (Å²) in [5.74, 6) is 0. The van der Waals surface area contributed by atoms with Crippen molar-refractivity contribution in [2.75, 3.05) is 4.23 Å². The van der Waals surface area contributed by atoms with E-state index < -0.39 is 8.24 Å². The largest absolute Gasteiger partial charge is 0.426 e. The van der Waals surface area contributed by atoms with E-state index in [-0.39, 0.29) is 0 Å². The van der Waals surface area contributed by atoms with Crippen LogP contribution in [-0.2, 0) is 0 Å². The molecular weight excluding hydrogens is 190 g/mol. The molecule has 13 heavy (non-hydrogen) atoms. The van der Waals surface area contributed by atoms with Gasteiger partial charge < -0.3 is 4.23 Å². The molecule has 1 aromatic rings. The van der Waals surface area contributed by atoms with Gasteiger partial charge in [0.2, 0.25) is 0 Å². The molecule has 0 aliphatic carbocycles. The van der Waals surface area contributed by atoms with E-state index in [1.165, 1.54) is 5.69 Å². The van der Waals surface area contributed by atoms with E-state index in [9.17, 15) is 0 Å². The van der Waals surface area contributed by atoms with Crippen LogP contribution in [0, 0.1) is 0 Å². The van der Waals surface area contributed by atoms with Crippen LogP contribution in [0.1, 0.15) is 0 Å². The maximum Gasteiger partial charge on any atom is 0.167 e. The first-order valence-corrected chi connectivity index (χ1v) is 9.48. The minimum absolute atomic E-state index is 0.873. The van der Waals surface area contributed by atoms with Gasteiger partial charge in [-0.3, -0.25) is 0 Å². The summed E-state index contributed by atoms with van der Waals surface area (Å²) >= 11 is 0. The van der Waals surface area contributed by atoms with Crippen molar-refractivity contribution in [1.29, 1.82) is 0 Å². The zero-order chi connectivity index (χ0) is 9.90. The smallest absolute Gasteiger partial charge is 0.167 e. The summed E-state index contributed by atoms with van der Waals surface area (Å²) in [6.07, 6.45) is 0. The maximum atomic E-state index is 2.56. The standard InChI is InChI=1S/C10H17NSi2/c1-12-11(13(2,3)4)10-8-6-5-7-9-10/h5-9H,1-4H3. The zero-order valence-electron chi connectivity index (χ0n) is 8.83. The lowest BCUT2D eigenvalue weighted by molar-refractivity contribution is 1.43. The summed E-state index contributed by atoms with van der Waals surface area (Å²) in [6, 6.07) is 10.7. The molecular formula is C10H17NSi2. The van der Waals surface area contributed by atoms with Crippen LogP contribution in [-0.4, -0.2) is 17.9 Å². The molecule has 1 nitrogen and oxygen atoms in total. The van der Waals surface area contributed by atoms with Crippen LogP contribution in [0.25, 0.3) is 0 Å². The van der Waals surface area contributed by atoms with Crippen molar-refractivity contribution in [1.82, 2.24) is 0 Å². The summed E-state index contributed by atoms with van der Waals surface area (Å²) in [7, 11) is -0.309. The Balaban J connectivity index is 2.92. The van der Waals surface area contributed by atoms with Crippen LogP contribution in [0.3, 0.4) is 0 Å². The van der Waals surface area contributed by atoms with E-state index in [1.54, 1.807) is 0 Å². The van der Waals surface area contributed by atoms with Crippen LogP contribution in [0.2, 0.25) is 26.2 Å². The topological polar surface area (TPSA) is 3.24 Å². The Morgan fingerprint density at radius 1 is 1.08 bits per heavy atom. The molecule has 0 saturated carbocycles. The van der Waals surface area contributed by atoms with Gasteiger partial charge in [-0.1, -0.05) is 44.4 Å². The Hall–Kier alpha value is -0.546. The highest BCUT2D eigenvalue weighted by Crippen LogP contribution is 2.19. The van der Waals surface area contributed by atoms with E-state index in [1.807, 2.05) is 0 Å². The minimum atomic E-state index is -1.18. The molecule has 3 heteroatoms. The maximum absolute atomic E-state index is 2.56. The summed E-state index contributed by atoms with van der Waals surface area (Å²) in [6.45, 7) is 9.41. The van der Waals surface area contributed by atoms with Gasteiger partial charge in [-0.05, 0) is 12.1 Å². The molecule has 0 heterocycles. The first kappa shape index (κ1) is 10.5. The SMILES string of the molecule is C[Si]N(c1ccccc1)[Si](C)(C)C. The van der Waals surface area contributed by atoms with Gasteiger partial charge in [-0.15, -0.1) is 0 Å². The Morgan fingerprint density at radius 2 is 1.62 bits per heavy atom. The molecule has 0 unspecified atom stereocenters. The molecule has 0 amide bonds. The second-order valence-corrected chi connectivity index (χ2v) is 10.2. The Labute approximate surface area is 84.8 Å². The number of nitrogens with zero attached hydrogens (tertiary/aromatic N) is 1. The third kappa shape index (κ3) is 2.70. The summed E-state index contributed by atoms with van der Waals surface area (Å²) in [5.41, 5.74) is 1.38. The van der Waals surface area contributed by atoms with E-state index >= 15 is 0 Å². The number of rotatable bonds is 3. The average molecular weight is 207 g/mol. The predicted octanol–water partition coefficient (Wildman–Crippen LogP) is 3.00. The molecule has 0 N–H and O–H groups in total. The van der Waals surface area contributed by atoms with Gasteiger partial charge in [0, 0.05) is 5.69 Å². The lowest BCUT2D eigenvalue weighted by atomic mass is 10.3. The normalized spacial score (nSPS) is 11.4. The van der Waals surface area contributed by atoms with Gasteiger partial charge in [0.05, 0.1) is 0 Å². The lowest BCUT2D eigenvalue weighted by Crippen LogP contribution is -2.47. The number of benzene rings is 1. The molecule has 0 aliphatic heterocycles. The molecule has 0 atom stereocenters. The van der Waals surface area contributed by atoms with Gasteiger partial charge in [-0.25, -0.2) is 0 Å². The van der Waals surface area contributed by atoms with Gasteiger partial charge >= 0.3 is 0 Å². The van der Waals surface area contributed by atoms with Crippen LogP contribution < -0.4 is 4.23 Å². The van der Waals surface area contributed by atoms with E-state index in [4.69, 9.17) is 0 Å². The highest BCUT2D eigenvalue weighted by molar-refractivity contribution is 6.87. The highest BCUT2D eigenvalue weighted by Gasteiger charge is 2.22. The molecule has 0 aliphatic rings. The number of hydrogen-bond acceptors (Lipinski definition) is 1. The van der Waals surface area contributed by atoms with Crippen LogP contribution in [0.4, 0.5) is 5.69 Å². The molecule has 0 spiro atoms. The first-order valence-electron chi connectivity index (χ1n) is 4.58. The third-order valence-corrected chi connectivity index (χ3v) is 6.90. The molecule has 0 aromatic heterocycles. The quantitative estimate of drug-likeness (QED) is 0.689. The Bertz CT molecular complexity index is 253. The molecule has 2 radical (unpaired) electrons. The third-order valence-electron chi connectivity index (χ3n) is 1.91. The number of anilines is 1. The molecule has 1 aromatic carbocycles. The number of hydrogen-bond donors (Lipinski definition) is 0. The van der Waals surface area contributed by atoms with Gasteiger partial charge in [0.15, 0.2) is 9.68 Å². The molecule has 1 rings (SSSR count). The second kappa shape index (κ2) is 4.11. The lowest BCUT2D eigenvalue weighted by Gasteiger charge is -2.35. The second-order valence-electron chi connectivity index (χ2n) is 4.07. The zero-order valence-corrected chi connectivity index (χ0v) is 10.8. The van der Waals surface area contributed by atoms with Crippen molar-refractivity contribution in [2.45, 2.75) is 26.2 Å².